The lowest BCUT2D eigenvalue weighted by Gasteiger charge is -2.08. The van der Waals surface area contributed by atoms with E-state index >= 15 is 0 Å². The zero-order valence-electron chi connectivity index (χ0n) is 11.8. The number of rotatable bonds is 4. The third kappa shape index (κ3) is 2.63. The molecule has 0 radical (unpaired) electrons. The first-order valence-electron chi connectivity index (χ1n) is 6.80. The van der Waals surface area contributed by atoms with E-state index < -0.39 is 0 Å². The Balaban J connectivity index is 1.94. The summed E-state index contributed by atoms with van der Waals surface area (Å²) < 4.78 is 1.97. The predicted molar refractivity (Wildman–Crippen MR) is 88.6 cm³/mol. The van der Waals surface area contributed by atoms with Gasteiger partial charge in [0.05, 0.1) is 4.91 Å². The number of hydrogen-bond donors (Lipinski definition) is 0. The molecular weight excluding hydrogens is 296 g/mol. The zero-order chi connectivity index (χ0) is 15.5. The van der Waals surface area contributed by atoms with E-state index in [-0.39, 0.29) is 17.7 Å². The van der Waals surface area contributed by atoms with Gasteiger partial charge >= 0.3 is 0 Å². The number of thioether (sulfide) groups is 1. The normalized spacial score (nSPS) is 16.5. The third-order valence-corrected chi connectivity index (χ3v) is 4.19. The van der Waals surface area contributed by atoms with Crippen molar-refractivity contribution in [1.82, 2.24) is 9.47 Å². The van der Waals surface area contributed by atoms with Gasteiger partial charge in [0.15, 0.2) is 0 Å². The minimum Gasteiger partial charge on any atom is -0.317 e. The highest BCUT2D eigenvalue weighted by atomic mass is 32.2. The van der Waals surface area contributed by atoms with Crippen LogP contribution in [0.25, 0.3) is 11.8 Å². The Morgan fingerprint density at radius 3 is 2.59 bits per heavy atom. The van der Waals surface area contributed by atoms with Crippen molar-refractivity contribution >= 4 is 29.0 Å². The molecule has 0 aliphatic carbocycles. The van der Waals surface area contributed by atoms with Crippen LogP contribution >= 0.6 is 11.8 Å². The maximum absolute atomic E-state index is 12.2. The third-order valence-electron chi connectivity index (χ3n) is 3.28. The molecule has 2 amide bonds. The van der Waals surface area contributed by atoms with Gasteiger partial charge in [-0.25, -0.2) is 0 Å². The van der Waals surface area contributed by atoms with Gasteiger partial charge in [-0.1, -0.05) is 24.3 Å². The highest BCUT2D eigenvalue weighted by molar-refractivity contribution is 8.18. The number of carbonyl (C=O) groups is 2. The Bertz CT molecular complexity index is 762. The van der Waals surface area contributed by atoms with E-state index in [0.29, 0.717) is 4.91 Å². The number of nitrogens with zero attached hydrogens (tertiary/aromatic N) is 2. The molecule has 0 spiro atoms. The van der Waals surface area contributed by atoms with Gasteiger partial charge in [0.1, 0.15) is 0 Å². The molecular formula is C17H14N2O2S. The maximum Gasteiger partial charge on any atom is 0.293 e. The highest BCUT2D eigenvalue weighted by Gasteiger charge is 2.34. The number of amides is 2. The van der Waals surface area contributed by atoms with Crippen molar-refractivity contribution in [2.24, 2.45) is 0 Å². The standard InChI is InChI=1S/C17H14N2O2S/c1-2-10-19-16(20)15(22-17(19)21)12-14-9-6-11-18(14)13-7-4-3-5-8-13/h2-9,11-12H,1,10H2. The molecule has 0 bridgehead atoms. The second kappa shape index (κ2) is 6.07. The topological polar surface area (TPSA) is 42.3 Å². The molecule has 0 atom stereocenters. The molecule has 4 nitrogen and oxygen atoms in total. The van der Waals surface area contributed by atoms with E-state index in [1.54, 1.807) is 12.2 Å². The molecule has 1 aromatic heterocycles. The summed E-state index contributed by atoms with van der Waals surface area (Å²) in [5, 5.41) is -0.256. The molecule has 3 rings (SSSR count). The van der Waals surface area contributed by atoms with E-state index in [1.165, 1.54) is 4.90 Å². The van der Waals surface area contributed by atoms with Crippen LogP contribution in [0.4, 0.5) is 4.79 Å². The summed E-state index contributed by atoms with van der Waals surface area (Å²) in [5.41, 5.74) is 1.86. The van der Waals surface area contributed by atoms with Crippen LogP contribution in [0.3, 0.4) is 0 Å². The Hall–Kier alpha value is -2.53. The minimum absolute atomic E-state index is 0.238. The molecule has 0 unspecified atom stereocenters. The zero-order valence-corrected chi connectivity index (χ0v) is 12.6. The molecule has 1 aromatic carbocycles. The van der Waals surface area contributed by atoms with Crippen LogP contribution in [0.15, 0.2) is 66.2 Å². The van der Waals surface area contributed by atoms with Gasteiger partial charge in [0.25, 0.3) is 11.1 Å². The van der Waals surface area contributed by atoms with Crippen molar-refractivity contribution in [1.29, 1.82) is 0 Å². The van der Waals surface area contributed by atoms with Gasteiger partial charge in [0, 0.05) is 24.1 Å². The monoisotopic (exact) mass is 310 g/mol. The van der Waals surface area contributed by atoms with Crippen LogP contribution in [0.5, 0.6) is 0 Å². The number of imide groups is 1. The maximum atomic E-state index is 12.2. The first kappa shape index (κ1) is 14.4. The highest BCUT2D eigenvalue weighted by Crippen LogP contribution is 2.32. The molecule has 2 aromatic rings. The summed E-state index contributed by atoms with van der Waals surface area (Å²) >= 11 is 0.961. The quantitative estimate of drug-likeness (QED) is 0.639. The fourth-order valence-electron chi connectivity index (χ4n) is 2.26. The SMILES string of the molecule is C=CCN1C(=O)SC(=Cc2cccn2-c2ccccc2)C1=O. The number of benzene rings is 1. The van der Waals surface area contributed by atoms with Crippen LogP contribution < -0.4 is 0 Å². The molecule has 0 N–H and O–H groups in total. The van der Waals surface area contributed by atoms with Crippen molar-refractivity contribution in [2.45, 2.75) is 0 Å². The van der Waals surface area contributed by atoms with Crippen molar-refractivity contribution in [3.8, 4) is 5.69 Å². The van der Waals surface area contributed by atoms with Crippen LogP contribution in [0, 0.1) is 0 Å². The van der Waals surface area contributed by atoms with Crippen molar-refractivity contribution < 1.29 is 9.59 Å². The average Bonchev–Trinajstić information content (AvgIpc) is 3.09. The molecule has 5 heteroatoms. The predicted octanol–water partition coefficient (Wildman–Crippen LogP) is 3.70. The van der Waals surface area contributed by atoms with E-state index in [4.69, 9.17) is 0 Å². The lowest BCUT2D eigenvalue weighted by molar-refractivity contribution is -0.122. The largest absolute Gasteiger partial charge is 0.317 e. The summed E-state index contributed by atoms with van der Waals surface area (Å²) in [5.74, 6) is -0.268. The molecule has 2 heterocycles. The fourth-order valence-corrected chi connectivity index (χ4v) is 3.09. The van der Waals surface area contributed by atoms with Crippen LogP contribution in [-0.2, 0) is 4.79 Å². The van der Waals surface area contributed by atoms with Gasteiger partial charge < -0.3 is 4.57 Å². The molecule has 110 valence electrons. The lowest BCUT2D eigenvalue weighted by Crippen LogP contribution is -2.27. The molecule has 1 aliphatic heterocycles. The molecule has 1 fully saturated rings. The van der Waals surface area contributed by atoms with E-state index in [1.807, 2.05) is 53.2 Å². The van der Waals surface area contributed by atoms with Gasteiger partial charge in [-0.15, -0.1) is 6.58 Å². The van der Waals surface area contributed by atoms with E-state index in [2.05, 4.69) is 6.58 Å². The lowest BCUT2D eigenvalue weighted by atomic mass is 10.3. The van der Waals surface area contributed by atoms with E-state index in [9.17, 15) is 9.59 Å². The molecule has 0 saturated carbocycles. The number of aromatic nitrogens is 1. The van der Waals surface area contributed by atoms with Gasteiger partial charge in [-0.2, -0.15) is 0 Å². The Kier molecular flexibility index (Phi) is 3.98. The number of carbonyl (C=O) groups excluding carboxylic acids is 2. The first-order chi connectivity index (χ1) is 10.7. The summed E-state index contributed by atoms with van der Waals surface area (Å²) in [6.45, 7) is 3.81. The molecule has 1 aliphatic rings. The number of hydrogen-bond acceptors (Lipinski definition) is 3. The summed E-state index contributed by atoms with van der Waals surface area (Å²) in [7, 11) is 0. The van der Waals surface area contributed by atoms with Crippen LogP contribution in [0.1, 0.15) is 5.69 Å². The Morgan fingerprint density at radius 2 is 1.86 bits per heavy atom. The van der Waals surface area contributed by atoms with Crippen molar-refractivity contribution in [3.63, 3.8) is 0 Å². The van der Waals surface area contributed by atoms with E-state index in [0.717, 1.165) is 23.1 Å². The number of para-hydroxylation sites is 1. The van der Waals surface area contributed by atoms with Crippen molar-refractivity contribution in [2.75, 3.05) is 6.54 Å². The van der Waals surface area contributed by atoms with Crippen LogP contribution in [-0.4, -0.2) is 27.2 Å². The second-order valence-corrected chi connectivity index (χ2v) is 5.71. The summed E-state index contributed by atoms with van der Waals surface area (Å²) in [4.78, 5) is 25.7. The van der Waals surface area contributed by atoms with Gasteiger partial charge in [-0.05, 0) is 42.1 Å². The first-order valence-corrected chi connectivity index (χ1v) is 7.61. The minimum atomic E-state index is -0.268. The average molecular weight is 310 g/mol. The fraction of sp³-hybridized carbons (Fsp3) is 0.0588. The molecule has 22 heavy (non-hydrogen) atoms. The van der Waals surface area contributed by atoms with Crippen LogP contribution in [0.2, 0.25) is 0 Å². The van der Waals surface area contributed by atoms with Crippen molar-refractivity contribution in [3.05, 3.63) is 71.9 Å². The van der Waals surface area contributed by atoms with Gasteiger partial charge in [0.2, 0.25) is 0 Å². The Labute approximate surface area is 132 Å². The smallest absolute Gasteiger partial charge is 0.293 e. The summed E-state index contributed by atoms with van der Waals surface area (Å²) in [6.07, 6.45) is 5.22. The van der Waals surface area contributed by atoms with Gasteiger partial charge in [-0.3, -0.25) is 14.5 Å². The second-order valence-electron chi connectivity index (χ2n) is 4.72. The molecule has 1 saturated heterocycles. The summed E-state index contributed by atoms with van der Waals surface area (Å²) in [6, 6.07) is 13.7. The Morgan fingerprint density at radius 1 is 1.09 bits per heavy atom.